The number of carbonyl (C=O) groups excluding carboxylic acids is 2. The van der Waals surface area contributed by atoms with Crippen molar-refractivity contribution in [2.45, 2.75) is 13.3 Å². The van der Waals surface area contributed by atoms with E-state index in [1.165, 1.54) is 23.1 Å². The third kappa shape index (κ3) is 2.65. The summed E-state index contributed by atoms with van der Waals surface area (Å²) in [5, 5.41) is 11.0. The third-order valence-electron chi connectivity index (χ3n) is 3.36. The molecule has 1 saturated heterocycles. The molecular formula is C13H13ClN2O4. The summed E-state index contributed by atoms with van der Waals surface area (Å²) >= 11 is 5.93. The molecule has 0 radical (unpaired) electrons. The number of nitro benzene ring substituents is 1. The number of amides is 1. The molecule has 7 heteroatoms. The molecule has 1 fully saturated rings. The van der Waals surface area contributed by atoms with E-state index in [9.17, 15) is 19.7 Å². The van der Waals surface area contributed by atoms with Crippen LogP contribution in [0.15, 0.2) is 18.2 Å². The van der Waals surface area contributed by atoms with Crippen LogP contribution in [0.25, 0.3) is 0 Å². The van der Waals surface area contributed by atoms with Gasteiger partial charge in [0.15, 0.2) is 0 Å². The van der Waals surface area contributed by atoms with Gasteiger partial charge in [-0.1, -0.05) is 24.6 Å². The fraction of sp³-hybridized carbons (Fsp3) is 0.385. The maximum absolute atomic E-state index is 12.4. The molecule has 1 atom stereocenters. The Kier molecular flexibility index (Phi) is 4.04. The van der Waals surface area contributed by atoms with E-state index < -0.39 is 10.8 Å². The summed E-state index contributed by atoms with van der Waals surface area (Å²) in [7, 11) is 0. The third-order valence-corrected chi connectivity index (χ3v) is 3.68. The lowest BCUT2D eigenvalue weighted by atomic mass is 9.97. The highest BCUT2D eigenvalue weighted by atomic mass is 35.5. The van der Waals surface area contributed by atoms with E-state index in [4.69, 9.17) is 11.6 Å². The maximum atomic E-state index is 12.4. The number of hydrogen-bond donors (Lipinski definition) is 0. The van der Waals surface area contributed by atoms with E-state index in [-0.39, 0.29) is 47.5 Å². The van der Waals surface area contributed by atoms with Crippen molar-refractivity contribution >= 4 is 29.0 Å². The summed E-state index contributed by atoms with van der Waals surface area (Å²) in [4.78, 5) is 35.7. The van der Waals surface area contributed by atoms with E-state index in [1.54, 1.807) is 6.92 Å². The van der Waals surface area contributed by atoms with E-state index in [0.29, 0.717) is 0 Å². The Bertz CT molecular complexity index is 588. The molecule has 1 aromatic rings. The molecule has 1 aliphatic heterocycles. The monoisotopic (exact) mass is 296 g/mol. The second-order valence-corrected chi connectivity index (χ2v) is 5.17. The van der Waals surface area contributed by atoms with Crippen LogP contribution in [0.3, 0.4) is 0 Å². The van der Waals surface area contributed by atoms with E-state index in [2.05, 4.69) is 0 Å². The maximum Gasteiger partial charge on any atom is 0.283 e. The van der Waals surface area contributed by atoms with Crippen molar-refractivity contribution in [1.29, 1.82) is 0 Å². The van der Waals surface area contributed by atoms with Gasteiger partial charge in [0.05, 0.1) is 9.95 Å². The zero-order valence-corrected chi connectivity index (χ0v) is 11.6. The highest BCUT2D eigenvalue weighted by Crippen LogP contribution is 2.28. The fourth-order valence-corrected chi connectivity index (χ4v) is 2.48. The zero-order chi connectivity index (χ0) is 14.9. The Labute approximate surface area is 120 Å². The molecule has 1 aromatic carbocycles. The number of halogens is 1. The summed E-state index contributed by atoms with van der Waals surface area (Å²) in [6.45, 7) is 2.27. The molecule has 20 heavy (non-hydrogen) atoms. The van der Waals surface area contributed by atoms with Crippen molar-refractivity contribution in [2.24, 2.45) is 5.92 Å². The lowest BCUT2D eigenvalue weighted by Gasteiger charge is -2.30. The minimum atomic E-state index is -0.627. The number of likely N-dealkylation sites (tertiary alicyclic amines) is 1. The molecular weight excluding hydrogens is 284 g/mol. The molecule has 6 nitrogen and oxygen atoms in total. The molecule has 0 bridgehead atoms. The van der Waals surface area contributed by atoms with Crippen molar-refractivity contribution in [3.8, 4) is 0 Å². The molecule has 0 N–H and O–H groups in total. The van der Waals surface area contributed by atoms with Gasteiger partial charge < -0.3 is 4.90 Å². The van der Waals surface area contributed by atoms with Crippen molar-refractivity contribution in [1.82, 2.24) is 4.90 Å². The molecule has 1 heterocycles. The molecule has 0 aromatic heterocycles. The highest BCUT2D eigenvalue weighted by molar-refractivity contribution is 6.34. The van der Waals surface area contributed by atoms with Crippen LogP contribution in [0, 0.1) is 16.0 Å². The molecule has 2 rings (SSSR count). The van der Waals surface area contributed by atoms with Gasteiger partial charge in [-0.15, -0.1) is 0 Å². The van der Waals surface area contributed by atoms with Crippen LogP contribution in [0.4, 0.5) is 5.69 Å². The largest absolute Gasteiger partial charge is 0.337 e. The zero-order valence-electron chi connectivity index (χ0n) is 10.8. The number of carbonyl (C=O) groups is 2. The van der Waals surface area contributed by atoms with Crippen molar-refractivity contribution in [2.75, 3.05) is 13.1 Å². The topological polar surface area (TPSA) is 80.5 Å². The smallest absolute Gasteiger partial charge is 0.283 e. The van der Waals surface area contributed by atoms with Crippen LogP contribution in [-0.2, 0) is 4.79 Å². The second-order valence-electron chi connectivity index (χ2n) is 4.76. The van der Waals surface area contributed by atoms with Gasteiger partial charge in [0.2, 0.25) is 0 Å². The SMILES string of the molecule is CC1CN(C(=O)c2c(Cl)cccc2[N+](=O)[O-])CCC1=O. The van der Waals surface area contributed by atoms with Crippen LogP contribution in [0.5, 0.6) is 0 Å². The van der Waals surface area contributed by atoms with Crippen LogP contribution in [0.1, 0.15) is 23.7 Å². The second kappa shape index (κ2) is 5.58. The molecule has 0 aliphatic carbocycles. The summed E-state index contributed by atoms with van der Waals surface area (Å²) in [5.41, 5.74) is -0.423. The summed E-state index contributed by atoms with van der Waals surface area (Å²) in [5.74, 6) is -0.654. The first kappa shape index (κ1) is 14.5. The number of rotatable bonds is 2. The van der Waals surface area contributed by atoms with Gasteiger partial charge in [-0.3, -0.25) is 19.7 Å². The molecule has 1 unspecified atom stereocenters. The summed E-state index contributed by atoms with van der Waals surface area (Å²) < 4.78 is 0. The van der Waals surface area contributed by atoms with E-state index >= 15 is 0 Å². The van der Waals surface area contributed by atoms with Crippen molar-refractivity contribution < 1.29 is 14.5 Å². The average Bonchev–Trinajstić information content (AvgIpc) is 2.40. The Morgan fingerprint density at radius 3 is 2.80 bits per heavy atom. The van der Waals surface area contributed by atoms with Crippen LogP contribution in [0.2, 0.25) is 5.02 Å². The first-order valence-corrected chi connectivity index (χ1v) is 6.54. The molecule has 0 saturated carbocycles. The fourth-order valence-electron chi connectivity index (χ4n) is 2.23. The number of nitrogens with zero attached hydrogens (tertiary/aromatic N) is 2. The number of hydrogen-bond acceptors (Lipinski definition) is 4. The van der Waals surface area contributed by atoms with E-state index in [1.807, 2.05) is 0 Å². The van der Waals surface area contributed by atoms with Crippen LogP contribution >= 0.6 is 11.6 Å². The Balaban J connectivity index is 2.34. The van der Waals surface area contributed by atoms with Gasteiger partial charge in [0, 0.05) is 31.5 Å². The predicted molar refractivity (Wildman–Crippen MR) is 72.8 cm³/mol. The lowest BCUT2D eigenvalue weighted by molar-refractivity contribution is -0.385. The lowest BCUT2D eigenvalue weighted by Crippen LogP contribution is -2.43. The molecule has 1 aliphatic rings. The number of benzene rings is 1. The standard InChI is InChI=1S/C13H13ClN2O4/c1-8-7-15(6-5-11(8)17)13(18)12-9(14)3-2-4-10(12)16(19)20/h2-4,8H,5-7H2,1H3. The number of Topliss-reactive ketones (excluding diaryl/α,β-unsaturated/α-hetero) is 1. The molecule has 106 valence electrons. The number of piperidine rings is 1. The van der Waals surface area contributed by atoms with Gasteiger partial charge in [-0.25, -0.2) is 0 Å². The quantitative estimate of drug-likeness (QED) is 0.619. The Morgan fingerprint density at radius 1 is 1.50 bits per heavy atom. The van der Waals surface area contributed by atoms with Crippen LogP contribution < -0.4 is 0 Å². The Morgan fingerprint density at radius 2 is 2.20 bits per heavy atom. The molecule has 0 spiro atoms. The first-order valence-electron chi connectivity index (χ1n) is 6.16. The minimum Gasteiger partial charge on any atom is -0.337 e. The predicted octanol–water partition coefficient (Wildman–Crippen LogP) is 2.30. The number of nitro groups is 1. The van der Waals surface area contributed by atoms with Crippen molar-refractivity contribution in [3.05, 3.63) is 38.9 Å². The first-order chi connectivity index (χ1) is 9.41. The van der Waals surface area contributed by atoms with E-state index in [0.717, 1.165) is 0 Å². The normalized spacial score (nSPS) is 19.0. The van der Waals surface area contributed by atoms with Gasteiger partial charge in [-0.2, -0.15) is 0 Å². The summed E-state index contributed by atoms with van der Waals surface area (Å²) in [6.07, 6.45) is 0.269. The average molecular weight is 297 g/mol. The number of ketones is 1. The van der Waals surface area contributed by atoms with Gasteiger partial charge in [-0.05, 0) is 6.07 Å². The van der Waals surface area contributed by atoms with Gasteiger partial charge in [0.25, 0.3) is 11.6 Å². The minimum absolute atomic E-state index is 0.0498. The van der Waals surface area contributed by atoms with Gasteiger partial charge >= 0.3 is 0 Å². The van der Waals surface area contributed by atoms with Crippen molar-refractivity contribution in [3.63, 3.8) is 0 Å². The highest BCUT2D eigenvalue weighted by Gasteiger charge is 2.32. The molecule has 1 amide bonds. The van der Waals surface area contributed by atoms with Gasteiger partial charge in [0.1, 0.15) is 11.3 Å². The summed E-state index contributed by atoms with van der Waals surface area (Å²) in [6, 6.07) is 4.12. The van der Waals surface area contributed by atoms with Crippen LogP contribution in [-0.4, -0.2) is 34.6 Å². The Hall–Kier alpha value is -1.95.